The van der Waals surface area contributed by atoms with E-state index in [1.54, 1.807) is 7.11 Å². The normalized spacial score (nSPS) is 25.7. The van der Waals surface area contributed by atoms with Crippen molar-refractivity contribution in [2.24, 2.45) is 11.3 Å². The molecule has 2 atom stereocenters. The molecular weight excluding hydrogens is 364 g/mol. The molecule has 6 heteroatoms. The van der Waals surface area contributed by atoms with Gasteiger partial charge in [-0.2, -0.15) is 0 Å². The fourth-order valence-corrected chi connectivity index (χ4v) is 4.70. The molecule has 2 unspecified atom stereocenters. The third-order valence-corrected chi connectivity index (χ3v) is 6.40. The Morgan fingerprint density at radius 3 is 2.81 bits per heavy atom. The Labute approximate surface area is 168 Å². The standard InChI is InChI=1S/C21H30N2O3.ClH/c1-25-19-7-3-2-5-16(19)14-23(15-17-6-4-12-26-17)20(24)18-13-21(18)8-10-22-11-9-21;/h2-3,5,7,17-18,22H,4,6,8-15H2,1H3;1H. The maximum Gasteiger partial charge on any atom is 0.226 e. The van der Waals surface area contributed by atoms with Crippen LogP contribution >= 0.6 is 12.4 Å². The van der Waals surface area contributed by atoms with Crippen molar-refractivity contribution in [3.8, 4) is 5.75 Å². The molecule has 1 aromatic carbocycles. The summed E-state index contributed by atoms with van der Waals surface area (Å²) in [6, 6.07) is 8.01. The zero-order chi connectivity index (χ0) is 18.0. The minimum absolute atomic E-state index is 0. The molecule has 4 rings (SSSR count). The van der Waals surface area contributed by atoms with Crippen LogP contribution in [-0.2, 0) is 16.1 Å². The van der Waals surface area contributed by atoms with Crippen molar-refractivity contribution in [2.75, 3.05) is 33.4 Å². The summed E-state index contributed by atoms with van der Waals surface area (Å²) in [4.78, 5) is 15.4. The largest absolute Gasteiger partial charge is 0.496 e. The van der Waals surface area contributed by atoms with Gasteiger partial charge in [0, 0.05) is 31.2 Å². The number of hydrogen-bond acceptors (Lipinski definition) is 4. The number of rotatable bonds is 6. The van der Waals surface area contributed by atoms with Crippen LogP contribution in [0.3, 0.4) is 0 Å². The van der Waals surface area contributed by atoms with Gasteiger partial charge in [0.15, 0.2) is 0 Å². The van der Waals surface area contributed by atoms with Gasteiger partial charge in [-0.05, 0) is 56.7 Å². The highest BCUT2D eigenvalue weighted by Gasteiger charge is 2.58. The Morgan fingerprint density at radius 1 is 1.33 bits per heavy atom. The summed E-state index contributed by atoms with van der Waals surface area (Å²) in [6.07, 6.45) is 5.64. The van der Waals surface area contributed by atoms with E-state index in [9.17, 15) is 4.79 Å². The second-order valence-corrected chi connectivity index (χ2v) is 8.03. The van der Waals surface area contributed by atoms with Crippen molar-refractivity contribution in [3.05, 3.63) is 29.8 Å². The number of piperidine rings is 1. The summed E-state index contributed by atoms with van der Waals surface area (Å²) in [6.45, 7) is 4.21. The van der Waals surface area contributed by atoms with Crippen LogP contribution in [0.4, 0.5) is 0 Å². The molecule has 2 aliphatic heterocycles. The lowest BCUT2D eigenvalue weighted by Gasteiger charge is -2.29. The molecule has 5 nitrogen and oxygen atoms in total. The predicted octanol–water partition coefficient (Wildman–Crippen LogP) is 3.01. The Kier molecular flexibility index (Phi) is 6.66. The van der Waals surface area contributed by atoms with Gasteiger partial charge in [-0.15, -0.1) is 12.4 Å². The molecule has 0 radical (unpaired) electrons. The highest BCUT2D eigenvalue weighted by Crippen LogP contribution is 2.59. The van der Waals surface area contributed by atoms with Gasteiger partial charge >= 0.3 is 0 Å². The number of halogens is 1. The van der Waals surface area contributed by atoms with E-state index in [0.29, 0.717) is 19.0 Å². The fraction of sp³-hybridized carbons (Fsp3) is 0.667. The molecule has 1 spiro atoms. The monoisotopic (exact) mass is 394 g/mol. The van der Waals surface area contributed by atoms with E-state index in [1.807, 2.05) is 23.1 Å². The molecule has 2 heterocycles. The smallest absolute Gasteiger partial charge is 0.226 e. The highest BCUT2D eigenvalue weighted by molar-refractivity contribution is 5.85. The molecule has 3 fully saturated rings. The summed E-state index contributed by atoms with van der Waals surface area (Å²) >= 11 is 0. The quantitative estimate of drug-likeness (QED) is 0.805. The first-order valence-corrected chi connectivity index (χ1v) is 9.95. The molecule has 0 bridgehead atoms. The molecule has 3 aliphatic rings. The maximum absolute atomic E-state index is 13.4. The minimum atomic E-state index is 0. The number of nitrogens with one attached hydrogen (secondary N) is 1. The van der Waals surface area contributed by atoms with E-state index in [0.717, 1.165) is 63.1 Å². The highest BCUT2D eigenvalue weighted by atomic mass is 35.5. The van der Waals surface area contributed by atoms with E-state index in [2.05, 4.69) is 11.4 Å². The first kappa shape index (κ1) is 20.4. The molecule has 1 N–H and O–H groups in total. The van der Waals surface area contributed by atoms with Crippen molar-refractivity contribution in [1.82, 2.24) is 10.2 Å². The first-order chi connectivity index (χ1) is 12.7. The van der Waals surface area contributed by atoms with Gasteiger partial charge in [-0.25, -0.2) is 0 Å². The van der Waals surface area contributed by atoms with Gasteiger partial charge in [0.1, 0.15) is 5.75 Å². The predicted molar refractivity (Wildman–Crippen MR) is 107 cm³/mol. The van der Waals surface area contributed by atoms with Crippen LogP contribution < -0.4 is 10.1 Å². The number of nitrogens with zero attached hydrogens (tertiary/aromatic N) is 1. The van der Waals surface area contributed by atoms with Crippen LogP contribution in [0.15, 0.2) is 24.3 Å². The van der Waals surface area contributed by atoms with E-state index >= 15 is 0 Å². The fourth-order valence-electron chi connectivity index (χ4n) is 4.70. The lowest BCUT2D eigenvalue weighted by molar-refractivity contribution is -0.136. The molecular formula is C21H31ClN2O3. The van der Waals surface area contributed by atoms with Crippen LogP contribution in [-0.4, -0.2) is 50.3 Å². The third-order valence-electron chi connectivity index (χ3n) is 6.40. The van der Waals surface area contributed by atoms with Crippen molar-refractivity contribution in [3.63, 3.8) is 0 Å². The molecule has 1 amide bonds. The lowest BCUT2D eigenvalue weighted by atomic mass is 9.91. The average molecular weight is 395 g/mol. The Balaban J connectivity index is 0.00000210. The van der Waals surface area contributed by atoms with Crippen molar-refractivity contribution < 1.29 is 14.3 Å². The topological polar surface area (TPSA) is 50.8 Å². The molecule has 0 aromatic heterocycles. The van der Waals surface area contributed by atoms with Crippen LogP contribution in [0.25, 0.3) is 0 Å². The van der Waals surface area contributed by atoms with Crippen molar-refractivity contribution in [1.29, 1.82) is 0 Å². The Morgan fingerprint density at radius 2 is 2.11 bits per heavy atom. The number of methoxy groups -OCH3 is 1. The van der Waals surface area contributed by atoms with Gasteiger partial charge in [0.05, 0.1) is 13.2 Å². The number of ether oxygens (including phenoxy) is 2. The van der Waals surface area contributed by atoms with E-state index < -0.39 is 0 Å². The van der Waals surface area contributed by atoms with Crippen LogP contribution in [0.2, 0.25) is 0 Å². The van der Waals surface area contributed by atoms with Gasteiger partial charge in [0.2, 0.25) is 5.91 Å². The van der Waals surface area contributed by atoms with E-state index in [1.165, 1.54) is 0 Å². The first-order valence-electron chi connectivity index (χ1n) is 9.95. The minimum Gasteiger partial charge on any atom is -0.496 e. The zero-order valence-corrected chi connectivity index (χ0v) is 16.9. The molecule has 1 saturated carbocycles. The van der Waals surface area contributed by atoms with Crippen molar-refractivity contribution in [2.45, 2.75) is 44.8 Å². The third kappa shape index (κ3) is 4.41. The average Bonchev–Trinajstić information content (AvgIpc) is 3.11. The second-order valence-electron chi connectivity index (χ2n) is 8.03. The molecule has 27 heavy (non-hydrogen) atoms. The van der Waals surface area contributed by atoms with Gasteiger partial charge < -0.3 is 19.7 Å². The molecule has 1 aliphatic carbocycles. The maximum atomic E-state index is 13.4. The van der Waals surface area contributed by atoms with Crippen molar-refractivity contribution >= 4 is 18.3 Å². The van der Waals surface area contributed by atoms with Crippen LogP contribution in [0.1, 0.15) is 37.7 Å². The number of carbonyl (C=O) groups is 1. The summed E-state index contributed by atoms with van der Waals surface area (Å²) in [5.41, 5.74) is 1.33. The molecule has 150 valence electrons. The zero-order valence-electron chi connectivity index (χ0n) is 16.1. The number of amides is 1. The van der Waals surface area contributed by atoms with Gasteiger partial charge in [0.25, 0.3) is 0 Å². The summed E-state index contributed by atoms with van der Waals surface area (Å²) in [7, 11) is 1.69. The number of hydrogen-bond donors (Lipinski definition) is 1. The lowest BCUT2D eigenvalue weighted by Crippen LogP contribution is -2.40. The second kappa shape index (κ2) is 8.80. The summed E-state index contributed by atoms with van der Waals surface area (Å²) < 4.78 is 11.3. The number of benzene rings is 1. The Hall–Kier alpha value is -1.30. The van der Waals surface area contributed by atoms with Gasteiger partial charge in [-0.3, -0.25) is 4.79 Å². The summed E-state index contributed by atoms with van der Waals surface area (Å²) in [5.74, 6) is 1.36. The summed E-state index contributed by atoms with van der Waals surface area (Å²) in [5, 5.41) is 3.42. The SMILES string of the molecule is COc1ccccc1CN(CC1CCCO1)C(=O)C1CC12CCNCC2.Cl. The van der Waals surface area contributed by atoms with Crippen LogP contribution in [0.5, 0.6) is 5.75 Å². The van der Waals surface area contributed by atoms with Gasteiger partial charge in [-0.1, -0.05) is 18.2 Å². The Bertz CT molecular complexity index is 642. The number of para-hydroxylation sites is 1. The molecule has 1 aromatic rings. The van der Waals surface area contributed by atoms with E-state index in [4.69, 9.17) is 9.47 Å². The number of carbonyl (C=O) groups excluding carboxylic acids is 1. The molecule has 2 saturated heterocycles. The van der Waals surface area contributed by atoms with Crippen LogP contribution in [0, 0.1) is 11.3 Å². The van der Waals surface area contributed by atoms with E-state index in [-0.39, 0.29) is 29.8 Å².